The van der Waals surface area contributed by atoms with Gasteiger partial charge in [-0.1, -0.05) is 285 Å². The number of hydrogen-bond acceptors (Lipinski definition) is 4. The van der Waals surface area contributed by atoms with E-state index in [4.69, 9.17) is 19.1 Å². The zero-order chi connectivity index (χ0) is 54.4. The first-order valence-electron chi connectivity index (χ1n) is 30.2. The van der Waals surface area contributed by atoms with E-state index >= 15 is 0 Å². The minimum Gasteiger partial charge on any atom is -0.405 e. The van der Waals surface area contributed by atoms with E-state index in [9.17, 15) is 0 Å². The molecule has 4 rings (SSSR count). The molecule has 6 heteroatoms. The van der Waals surface area contributed by atoms with Gasteiger partial charge in [-0.25, -0.2) is 0 Å². The summed E-state index contributed by atoms with van der Waals surface area (Å²) in [6.45, 7) is 19.3. The fourth-order valence-electron chi connectivity index (χ4n) is 10.9. The zero-order valence-electron chi connectivity index (χ0n) is 49.1. The monoisotopic (exact) mass is 1070 g/mol. The predicted molar refractivity (Wildman–Crippen MR) is 341 cm³/mol. The molecule has 0 heterocycles. The first kappa shape index (κ1) is 68.6. The van der Waals surface area contributed by atoms with E-state index in [0.717, 1.165) is 51.4 Å². The van der Waals surface area contributed by atoms with Crippen LogP contribution in [0.5, 0.6) is 0 Å². The van der Waals surface area contributed by atoms with Crippen LogP contribution in [0.25, 0.3) is 0 Å². The third kappa shape index (κ3) is 25.5. The second kappa shape index (κ2) is 40.6. The molecule has 0 bridgehead atoms. The van der Waals surface area contributed by atoms with Gasteiger partial charge >= 0.3 is 0 Å². The van der Waals surface area contributed by atoms with Crippen LogP contribution in [0.2, 0.25) is 10.1 Å². The number of benzene rings is 4. The summed E-state index contributed by atoms with van der Waals surface area (Å²) in [5, 5.41) is 23.1. The van der Waals surface area contributed by atoms with Crippen molar-refractivity contribution in [3.8, 4) is 11.8 Å². The summed E-state index contributed by atoms with van der Waals surface area (Å²) in [6.07, 6.45) is 38.3. The number of allylic oxidation sites excluding steroid dienone is 2. The van der Waals surface area contributed by atoms with Crippen LogP contribution in [-0.2, 0) is 8.85 Å². The third-order valence-electron chi connectivity index (χ3n) is 15.0. The Morgan fingerprint density at radius 1 is 0.395 bits per heavy atom. The highest BCUT2D eigenvalue weighted by molar-refractivity contribution is 7.00. The van der Waals surface area contributed by atoms with Crippen molar-refractivity contribution in [3.63, 3.8) is 0 Å². The second-order valence-corrected chi connectivity index (χ2v) is 32.0. The standard InChI is InChI=1S/C36H58O2Si.C33H50O2Si.CH4.H2/c1-33(27-21-17-15-13-11-9-7-5-6-8-10-12-14-16-18-26-32-37)38-39(36(2,3)4,34-28-22-19-23-29-34)35-30-24-20-25-31-35;1-30(24-18-14-12-10-8-6-5-7-9-11-13-15-23-29-34)35-36(33(2,3)4,31-25-19-16-20-26-31)32-27-21-17-22-28-32;;/h12,14,19-20,22-25,28-31,33,37H,5-11,13,15-18,21,26-27,32H2,1-4H3;16-17,19-22,25-28,30,34H,5-10,12,14-15,18,23-24,29H2,1-4H3;1H4;1H/b14-12-;;;. The Balaban J connectivity index is 0.000000753. The number of hydrogen-bond donors (Lipinski definition) is 2. The molecule has 0 aliphatic carbocycles. The van der Waals surface area contributed by atoms with Crippen LogP contribution in [0.15, 0.2) is 133 Å². The quantitative estimate of drug-likeness (QED) is 0.0204. The van der Waals surface area contributed by atoms with Gasteiger partial charge in [0.25, 0.3) is 16.6 Å². The van der Waals surface area contributed by atoms with Crippen molar-refractivity contribution in [3.05, 3.63) is 133 Å². The second-order valence-electron chi connectivity index (χ2n) is 23.5. The van der Waals surface area contributed by atoms with E-state index in [1.807, 2.05) is 0 Å². The van der Waals surface area contributed by atoms with Crippen molar-refractivity contribution in [2.75, 3.05) is 13.2 Å². The maximum atomic E-state index is 8.80. The molecule has 2 unspecified atom stereocenters. The molecule has 0 aliphatic rings. The topological polar surface area (TPSA) is 58.9 Å². The van der Waals surface area contributed by atoms with Crippen LogP contribution >= 0.6 is 0 Å². The molecule has 426 valence electrons. The van der Waals surface area contributed by atoms with E-state index in [1.54, 1.807) is 0 Å². The molecule has 0 radical (unpaired) electrons. The summed E-state index contributed by atoms with van der Waals surface area (Å²) < 4.78 is 14.4. The van der Waals surface area contributed by atoms with Crippen LogP contribution in [0.3, 0.4) is 0 Å². The van der Waals surface area contributed by atoms with Gasteiger partial charge in [0, 0.05) is 39.7 Å². The Labute approximate surface area is 472 Å². The van der Waals surface area contributed by atoms with Gasteiger partial charge in [-0.2, -0.15) is 0 Å². The molecule has 0 amide bonds. The smallest absolute Gasteiger partial charge is 0.261 e. The van der Waals surface area contributed by atoms with Gasteiger partial charge in [0.15, 0.2) is 0 Å². The first-order chi connectivity index (χ1) is 36.3. The molecule has 4 aromatic rings. The van der Waals surface area contributed by atoms with Gasteiger partial charge in [0.05, 0.1) is 0 Å². The fourth-order valence-corrected chi connectivity index (χ4v) is 20.3. The molecule has 4 nitrogen and oxygen atoms in total. The van der Waals surface area contributed by atoms with Crippen molar-refractivity contribution in [1.82, 2.24) is 0 Å². The maximum Gasteiger partial charge on any atom is 0.261 e. The van der Waals surface area contributed by atoms with E-state index in [-0.39, 0.29) is 37.7 Å². The SMILES string of the molecule is C.CC(CCCCCCCCCCC#CCCCO)O[Si](c1ccccc1)(c1ccccc1)C(C)(C)C.CC(CCCCCCCCCCCC/C=C\CCCCO)O[Si](c1ccccc1)(c1ccccc1)C(C)(C)C.[HH]. The molecular formula is C70H114O4Si2. The normalized spacial score (nSPS) is 12.8. The van der Waals surface area contributed by atoms with Crippen molar-refractivity contribution in [1.29, 1.82) is 0 Å². The average Bonchev–Trinajstić information content (AvgIpc) is 3.41. The molecule has 0 saturated heterocycles. The fraction of sp³-hybridized carbons (Fsp3) is 0.600. The Morgan fingerprint density at radius 3 is 0.961 bits per heavy atom. The lowest BCUT2D eigenvalue weighted by atomic mass is 10.0. The Hall–Kier alpha value is -3.55. The van der Waals surface area contributed by atoms with Crippen LogP contribution < -0.4 is 20.7 Å². The summed E-state index contributed by atoms with van der Waals surface area (Å²) in [5.41, 5.74) is 0. The Bertz CT molecular complexity index is 1980. The van der Waals surface area contributed by atoms with E-state index in [1.165, 1.54) is 143 Å². The van der Waals surface area contributed by atoms with Crippen LogP contribution in [-0.4, -0.2) is 52.3 Å². The molecule has 2 atom stereocenters. The highest BCUT2D eigenvalue weighted by atomic mass is 28.4. The summed E-state index contributed by atoms with van der Waals surface area (Å²) >= 11 is 0. The molecule has 0 fully saturated rings. The van der Waals surface area contributed by atoms with Gasteiger partial charge in [-0.05, 0) is 102 Å². The maximum absolute atomic E-state index is 8.80. The molecule has 76 heavy (non-hydrogen) atoms. The van der Waals surface area contributed by atoms with Gasteiger partial charge in [-0.15, -0.1) is 11.8 Å². The lowest BCUT2D eigenvalue weighted by molar-refractivity contribution is 0.192. The van der Waals surface area contributed by atoms with Crippen molar-refractivity contribution in [2.45, 2.75) is 258 Å². The minimum atomic E-state index is -2.44. The number of unbranched alkanes of at least 4 members (excludes halogenated alkanes) is 21. The van der Waals surface area contributed by atoms with Gasteiger partial charge in [-0.3, -0.25) is 0 Å². The van der Waals surface area contributed by atoms with Crippen LogP contribution in [0, 0.1) is 11.8 Å². The minimum absolute atomic E-state index is 0. The predicted octanol–water partition coefficient (Wildman–Crippen LogP) is 17.9. The number of aliphatic hydroxyl groups excluding tert-OH is 2. The van der Waals surface area contributed by atoms with Gasteiger partial charge < -0.3 is 19.1 Å². The van der Waals surface area contributed by atoms with Crippen molar-refractivity contribution >= 4 is 37.4 Å². The molecule has 4 aromatic carbocycles. The van der Waals surface area contributed by atoms with Crippen LogP contribution in [0.1, 0.15) is 238 Å². The summed E-state index contributed by atoms with van der Waals surface area (Å²) in [6, 6.07) is 44.0. The van der Waals surface area contributed by atoms with Crippen molar-refractivity contribution in [2.24, 2.45) is 0 Å². The van der Waals surface area contributed by atoms with Gasteiger partial charge in [0.2, 0.25) is 0 Å². The highest BCUT2D eigenvalue weighted by Gasteiger charge is 2.52. The molecule has 0 aliphatic heterocycles. The molecular weight excluding hydrogens is 961 g/mol. The molecule has 0 saturated carbocycles. The Morgan fingerprint density at radius 2 is 0.658 bits per heavy atom. The third-order valence-corrected chi connectivity index (χ3v) is 25.3. The average molecular weight is 1080 g/mol. The van der Waals surface area contributed by atoms with E-state index < -0.39 is 16.6 Å². The lowest BCUT2D eigenvalue weighted by Gasteiger charge is -2.44. The lowest BCUT2D eigenvalue weighted by Crippen LogP contribution is -2.67. The first-order valence-corrected chi connectivity index (χ1v) is 34.0. The van der Waals surface area contributed by atoms with Gasteiger partial charge in [0.1, 0.15) is 0 Å². The van der Waals surface area contributed by atoms with Crippen molar-refractivity contribution < 1.29 is 20.5 Å². The number of rotatable bonds is 37. The summed E-state index contributed by atoms with van der Waals surface area (Å²) in [5.74, 6) is 6.37. The number of aliphatic hydroxyl groups is 2. The Kier molecular flexibility index (Phi) is 36.6. The van der Waals surface area contributed by atoms with E-state index in [0.29, 0.717) is 6.61 Å². The van der Waals surface area contributed by atoms with Crippen LogP contribution in [0.4, 0.5) is 0 Å². The summed E-state index contributed by atoms with van der Waals surface area (Å²) in [7, 11) is -4.88. The van der Waals surface area contributed by atoms with E-state index in [2.05, 4.69) is 201 Å². The molecule has 0 spiro atoms. The summed E-state index contributed by atoms with van der Waals surface area (Å²) in [4.78, 5) is 0. The largest absolute Gasteiger partial charge is 0.405 e. The highest BCUT2D eigenvalue weighted by Crippen LogP contribution is 2.39. The zero-order valence-corrected chi connectivity index (χ0v) is 51.1. The molecule has 2 N–H and O–H groups in total. The molecule has 0 aromatic heterocycles.